The normalized spacial score (nSPS) is 21.5. The molecule has 0 amide bonds. The molecule has 1 rings (SSSR count). The fourth-order valence-corrected chi connectivity index (χ4v) is 2.77. The highest BCUT2D eigenvalue weighted by Gasteiger charge is 2.45. The first kappa shape index (κ1) is 20.2. The Balaban J connectivity index is 1.86. The van der Waals surface area contributed by atoms with Crippen molar-refractivity contribution in [2.75, 3.05) is 7.11 Å². The van der Waals surface area contributed by atoms with E-state index in [4.69, 9.17) is 4.74 Å². The Morgan fingerprint density at radius 2 is 1.96 bits per heavy atom. The first-order valence-electron chi connectivity index (χ1n) is 9.25. The molecule has 4 nitrogen and oxygen atoms in total. The summed E-state index contributed by atoms with van der Waals surface area (Å²) in [6.07, 6.45) is 15.9. The standard InChI is InChI=1S/C19H34O4/c1-3-4-5-10-13-16(20)14-11-8-6-7-9-12-15-17-18(23-17)19(21)22-2/h8,11,16-18,20H,3-7,9-10,12-15H2,1-2H3/b11-8-/t16-,17?,18?/m1/s1. The van der Waals surface area contributed by atoms with Crippen molar-refractivity contribution in [1.29, 1.82) is 0 Å². The quantitative estimate of drug-likeness (QED) is 0.225. The van der Waals surface area contributed by atoms with E-state index in [1.165, 1.54) is 26.4 Å². The second-order valence-electron chi connectivity index (χ2n) is 6.47. The summed E-state index contributed by atoms with van der Waals surface area (Å²) in [5, 5.41) is 9.84. The van der Waals surface area contributed by atoms with Crippen LogP contribution in [0.5, 0.6) is 0 Å². The minimum absolute atomic E-state index is 0.0841. The summed E-state index contributed by atoms with van der Waals surface area (Å²) < 4.78 is 9.91. The van der Waals surface area contributed by atoms with Crippen molar-refractivity contribution < 1.29 is 19.4 Å². The maximum atomic E-state index is 11.2. The Labute approximate surface area is 141 Å². The molecular weight excluding hydrogens is 292 g/mol. The number of carbonyl (C=O) groups is 1. The molecule has 0 aromatic rings. The summed E-state index contributed by atoms with van der Waals surface area (Å²) in [5.74, 6) is -0.244. The summed E-state index contributed by atoms with van der Waals surface area (Å²) >= 11 is 0. The summed E-state index contributed by atoms with van der Waals surface area (Å²) in [5.41, 5.74) is 0. The molecule has 0 aliphatic carbocycles. The van der Waals surface area contributed by atoms with E-state index in [0.29, 0.717) is 0 Å². The molecule has 1 saturated heterocycles. The molecule has 23 heavy (non-hydrogen) atoms. The molecule has 3 atom stereocenters. The number of methoxy groups -OCH3 is 1. The number of hydrogen-bond acceptors (Lipinski definition) is 4. The van der Waals surface area contributed by atoms with Crippen molar-refractivity contribution >= 4 is 5.97 Å². The lowest BCUT2D eigenvalue weighted by Crippen LogP contribution is -2.11. The van der Waals surface area contributed by atoms with Crippen molar-refractivity contribution in [3.05, 3.63) is 12.2 Å². The minimum Gasteiger partial charge on any atom is -0.467 e. The predicted octanol–water partition coefficient (Wildman–Crippen LogP) is 4.15. The van der Waals surface area contributed by atoms with Crippen LogP contribution in [0.3, 0.4) is 0 Å². The molecule has 2 unspecified atom stereocenters. The second-order valence-corrected chi connectivity index (χ2v) is 6.47. The minimum atomic E-state index is -0.307. The van der Waals surface area contributed by atoms with Gasteiger partial charge in [0.2, 0.25) is 0 Å². The van der Waals surface area contributed by atoms with Crippen LogP contribution >= 0.6 is 0 Å². The van der Waals surface area contributed by atoms with Crippen LogP contribution in [0, 0.1) is 0 Å². The first-order valence-corrected chi connectivity index (χ1v) is 9.25. The Hall–Kier alpha value is -0.870. The van der Waals surface area contributed by atoms with Gasteiger partial charge in [0.25, 0.3) is 0 Å². The van der Waals surface area contributed by atoms with Gasteiger partial charge in [-0.1, -0.05) is 57.6 Å². The molecular formula is C19H34O4. The van der Waals surface area contributed by atoms with E-state index in [9.17, 15) is 9.90 Å². The van der Waals surface area contributed by atoms with Crippen LogP contribution in [0.15, 0.2) is 12.2 Å². The SMILES string of the molecule is CCCCCC[C@@H](O)C/C=C\CCCCCC1OC1C(=O)OC. The molecule has 1 aliphatic rings. The number of carbonyl (C=O) groups excluding carboxylic acids is 1. The average molecular weight is 326 g/mol. The lowest BCUT2D eigenvalue weighted by atomic mass is 10.1. The smallest absolute Gasteiger partial charge is 0.337 e. The molecule has 0 spiro atoms. The van der Waals surface area contributed by atoms with Crippen LogP contribution < -0.4 is 0 Å². The molecule has 1 N–H and O–H groups in total. The number of hydrogen-bond donors (Lipinski definition) is 1. The summed E-state index contributed by atoms with van der Waals surface area (Å²) in [4.78, 5) is 11.2. The lowest BCUT2D eigenvalue weighted by Gasteiger charge is -2.06. The zero-order valence-corrected chi connectivity index (χ0v) is 14.8. The fraction of sp³-hybridized carbons (Fsp3) is 0.842. The van der Waals surface area contributed by atoms with Gasteiger partial charge < -0.3 is 14.6 Å². The van der Waals surface area contributed by atoms with Gasteiger partial charge in [0.15, 0.2) is 6.10 Å². The van der Waals surface area contributed by atoms with Crippen LogP contribution in [0.25, 0.3) is 0 Å². The van der Waals surface area contributed by atoms with Gasteiger partial charge >= 0.3 is 5.97 Å². The molecule has 0 aromatic carbocycles. The van der Waals surface area contributed by atoms with Gasteiger partial charge in [0.05, 0.1) is 19.3 Å². The number of allylic oxidation sites excluding steroid dienone is 1. The van der Waals surface area contributed by atoms with Crippen LogP contribution in [-0.4, -0.2) is 36.5 Å². The monoisotopic (exact) mass is 326 g/mol. The van der Waals surface area contributed by atoms with Crippen LogP contribution in [-0.2, 0) is 14.3 Å². The number of unbranched alkanes of at least 4 members (excludes halogenated alkanes) is 6. The topological polar surface area (TPSA) is 59.1 Å². The molecule has 0 aromatic heterocycles. The van der Waals surface area contributed by atoms with Gasteiger partial charge in [-0.25, -0.2) is 4.79 Å². The molecule has 4 heteroatoms. The Bertz CT molecular complexity index is 340. The third-order valence-corrected chi connectivity index (χ3v) is 4.34. The van der Waals surface area contributed by atoms with Crippen LogP contribution in [0.2, 0.25) is 0 Å². The van der Waals surface area contributed by atoms with Crippen molar-refractivity contribution in [3.63, 3.8) is 0 Å². The molecule has 1 aliphatic heterocycles. The van der Waals surface area contributed by atoms with Crippen molar-refractivity contribution in [2.24, 2.45) is 0 Å². The third kappa shape index (κ3) is 9.77. The van der Waals surface area contributed by atoms with Crippen molar-refractivity contribution in [2.45, 2.75) is 95.9 Å². The molecule has 1 heterocycles. The van der Waals surface area contributed by atoms with Gasteiger partial charge in [-0.3, -0.25) is 0 Å². The van der Waals surface area contributed by atoms with Crippen molar-refractivity contribution in [3.8, 4) is 0 Å². The highest BCUT2D eigenvalue weighted by molar-refractivity contribution is 5.77. The zero-order valence-electron chi connectivity index (χ0n) is 14.8. The highest BCUT2D eigenvalue weighted by Crippen LogP contribution is 2.28. The number of epoxide rings is 1. The van der Waals surface area contributed by atoms with Gasteiger partial charge in [-0.05, 0) is 32.1 Å². The molecule has 0 saturated carbocycles. The predicted molar refractivity (Wildman–Crippen MR) is 92.3 cm³/mol. The first-order chi connectivity index (χ1) is 11.2. The average Bonchev–Trinajstić information content (AvgIpc) is 3.33. The van der Waals surface area contributed by atoms with E-state index in [2.05, 4.69) is 23.8 Å². The molecule has 134 valence electrons. The van der Waals surface area contributed by atoms with E-state index < -0.39 is 0 Å². The Morgan fingerprint density at radius 3 is 2.70 bits per heavy atom. The maximum Gasteiger partial charge on any atom is 0.337 e. The van der Waals surface area contributed by atoms with E-state index in [0.717, 1.165) is 51.4 Å². The van der Waals surface area contributed by atoms with Gasteiger partial charge in [-0.2, -0.15) is 0 Å². The Kier molecular flexibility index (Phi) is 11.0. The van der Waals surface area contributed by atoms with Crippen LogP contribution in [0.1, 0.15) is 77.6 Å². The number of aliphatic hydroxyl groups is 1. The summed E-state index contributed by atoms with van der Waals surface area (Å²) in [7, 11) is 1.40. The summed E-state index contributed by atoms with van der Waals surface area (Å²) in [6.45, 7) is 2.20. The molecule has 0 radical (unpaired) electrons. The van der Waals surface area contributed by atoms with E-state index >= 15 is 0 Å². The van der Waals surface area contributed by atoms with E-state index in [-0.39, 0.29) is 24.3 Å². The number of rotatable bonds is 14. The van der Waals surface area contributed by atoms with Crippen molar-refractivity contribution in [1.82, 2.24) is 0 Å². The van der Waals surface area contributed by atoms with Crippen LogP contribution in [0.4, 0.5) is 0 Å². The third-order valence-electron chi connectivity index (χ3n) is 4.34. The van der Waals surface area contributed by atoms with E-state index in [1.54, 1.807) is 0 Å². The molecule has 1 fully saturated rings. The fourth-order valence-electron chi connectivity index (χ4n) is 2.77. The van der Waals surface area contributed by atoms with Gasteiger partial charge in [0, 0.05) is 0 Å². The summed E-state index contributed by atoms with van der Waals surface area (Å²) in [6, 6.07) is 0. The van der Waals surface area contributed by atoms with E-state index in [1.807, 2.05) is 0 Å². The van der Waals surface area contributed by atoms with Gasteiger partial charge in [-0.15, -0.1) is 0 Å². The Morgan fingerprint density at radius 1 is 1.17 bits per heavy atom. The lowest BCUT2D eigenvalue weighted by molar-refractivity contribution is -0.142. The molecule has 0 bridgehead atoms. The zero-order chi connectivity index (χ0) is 16.9. The second kappa shape index (κ2) is 12.5. The van der Waals surface area contributed by atoms with Gasteiger partial charge in [0.1, 0.15) is 0 Å². The number of aliphatic hydroxyl groups excluding tert-OH is 1. The maximum absolute atomic E-state index is 11.2. The number of esters is 1. The largest absolute Gasteiger partial charge is 0.467 e. The number of ether oxygens (including phenoxy) is 2. The highest BCUT2D eigenvalue weighted by atomic mass is 16.6.